The van der Waals surface area contributed by atoms with Crippen LogP contribution in [0.3, 0.4) is 0 Å². The SMILES string of the molecule is COC[C@H]1CN(c2ncc(Cl)cc2Cl)CCO1. The average Bonchev–Trinajstić information content (AvgIpc) is 2.29. The highest BCUT2D eigenvalue weighted by Gasteiger charge is 2.22. The van der Waals surface area contributed by atoms with Crippen LogP contribution >= 0.6 is 23.2 Å². The van der Waals surface area contributed by atoms with Gasteiger partial charge in [-0.15, -0.1) is 0 Å². The minimum absolute atomic E-state index is 0.0577. The molecule has 1 aliphatic rings. The lowest BCUT2D eigenvalue weighted by molar-refractivity contribution is -0.0102. The number of methoxy groups -OCH3 is 1. The highest BCUT2D eigenvalue weighted by molar-refractivity contribution is 6.36. The molecule has 2 rings (SSSR count). The Kier molecular flexibility index (Phi) is 4.45. The Balaban J connectivity index is 2.10. The van der Waals surface area contributed by atoms with Crippen LogP contribution in [0.2, 0.25) is 10.0 Å². The number of ether oxygens (including phenoxy) is 2. The van der Waals surface area contributed by atoms with Gasteiger partial charge in [0.15, 0.2) is 0 Å². The third kappa shape index (κ3) is 3.22. The highest BCUT2D eigenvalue weighted by Crippen LogP contribution is 2.27. The summed E-state index contributed by atoms with van der Waals surface area (Å²) in [7, 11) is 1.66. The number of anilines is 1. The fourth-order valence-corrected chi connectivity index (χ4v) is 2.34. The molecule has 0 radical (unpaired) electrons. The summed E-state index contributed by atoms with van der Waals surface area (Å²) in [6.07, 6.45) is 1.66. The molecule has 0 amide bonds. The van der Waals surface area contributed by atoms with Crippen LogP contribution in [0.5, 0.6) is 0 Å². The van der Waals surface area contributed by atoms with Crippen LogP contribution in [0.4, 0.5) is 5.82 Å². The molecule has 17 heavy (non-hydrogen) atoms. The van der Waals surface area contributed by atoms with Crippen molar-refractivity contribution < 1.29 is 9.47 Å². The van der Waals surface area contributed by atoms with Crippen LogP contribution in [0.1, 0.15) is 0 Å². The third-order valence-electron chi connectivity index (χ3n) is 2.58. The molecule has 1 aromatic heterocycles. The molecule has 4 nitrogen and oxygen atoms in total. The number of morpholine rings is 1. The second kappa shape index (κ2) is 5.87. The summed E-state index contributed by atoms with van der Waals surface area (Å²) in [5.41, 5.74) is 0. The molecule has 1 atom stereocenters. The fourth-order valence-electron chi connectivity index (χ4n) is 1.84. The number of halogens is 2. The molecule has 0 unspecified atom stereocenters. The molecular weight excluding hydrogens is 263 g/mol. The molecule has 0 saturated carbocycles. The van der Waals surface area contributed by atoms with Crippen LogP contribution in [-0.2, 0) is 9.47 Å². The monoisotopic (exact) mass is 276 g/mol. The van der Waals surface area contributed by atoms with Crippen LogP contribution in [0.15, 0.2) is 12.3 Å². The number of rotatable bonds is 3. The van der Waals surface area contributed by atoms with E-state index in [1.165, 1.54) is 0 Å². The van der Waals surface area contributed by atoms with E-state index in [0.29, 0.717) is 23.3 Å². The first-order valence-electron chi connectivity index (χ1n) is 5.37. The Morgan fingerprint density at radius 2 is 2.41 bits per heavy atom. The summed E-state index contributed by atoms with van der Waals surface area (Å²) < 4.78 is 10.7. The van der Waals surface area contributed by atoms with Gasteiger partial charge in [-0.1, -0.05) is 23.2 Å². The summed E-state index contributed by atoms with van der Waals surface area (Å²) in [4.78, 5) is 6.35. The van der Waals surface area contributed by atoms with Crippen molar-refractivity contribution in [1.29, 1.82) is 0 Å². The van der Waals surface area contributed by atoms with Gasteiger partial charge in [0.2, 0.25) is 0 Å². The standard InChI is InChI=1S/C11H14Cl2N2O2/c1-16-7-9-6-15(2-3-17-9)11-10(13)4-8(12)5-14-11/h4-5,9H,2-3,6-7H2,1H3/t9-/m1/s1. The number of hydrogen-bond acceptors (Lipinski definition) is 4. The van der Waals surface area contributed by atoms with Crippen molar-refractivity contribution in [3.05, 3.63) is 22.3 Å². The van der Waals surface area contributed by atoms with Crippen molar-refractivity contribution in [3.8, 4) is 0 Å². The number of nitrogens with zero attached hydrogens (tertiary/aromatic N) is 2. The van der Waals surface area contributed by atoms with Gasteiger partial charge < -0.3 is 14.4 Å². The molecule has 0 spiro atoms. The van der Waals surface area contributed by atoms with Gasteiger partial charge >= 0.3 is 0 Å². The van der Waals surface area contributed by atoms with Crippen molar-refractivity contribution >= 4 is 29.0 Å². The van der Waals surface area contributed by atoms with Gasteiger partial charge in [0.1, 0.15) is 5.82 Å². The summed E-state index contributed by atoms with van der Waals surface area (Å²) in [6.45, 7) is 2.72. The summed E-state index contributed by atoms with van der Waals surface area (Å²) in [5.74, 6) is 0.750. The average molecular weight is 277 g/mol. The summed E-state index contributed by atoms with van der Waals surface area (Å²) >= 11 is 12.0. The van der Waals surface area contributed by atoms with E-state index < -0.39 is 0 Å². The molecular formula is C11H14Cl2N2O2. The van der Waals surface area contributed by atoms with E-state index in [1.807, 2.05) is 0 Å². The first kappa shape index (κ1) is 12.9. The topological polar surface area (TPSA) is 34.6 Å². The lowest BCUT2D eigenvalue weighted by atomic mass is 10.3. The first-order chi connectivity index (χ1) is 8.20. The molecule has 0 aliphatic carbocycles. The van der Waals surface area contributed by atoms with Gasteiger partial charge in [-0.3, -0.25) is 0 Å². The largest absolute Gasteiger partial charge is 0.382 e. The molecule has 1 aliphatic heterocycles. The lowest BCUT2D eigenvalue weighted by Gasteiger charge is -2.33. The lowest BCUT2D eigenvalue weighted by Crippen LogP contribution is -2.44. The van der Waals surface area contributed by atoms with E-state index >= 15 is 0 Å². The van der Waals surface area contributed by atoms with E-state index in [9.17, 15) is 0 Å². The summed E-state index contributed by atoms with van der Waals surface area (Å²) in [6, 6.07) is 1.70. The van der Waals surface area contributed by atoms with Crippen LogP contribution in [-0.4, -0.2) is 44.5 Å². The van der Waals surface area contributed by atoms with Crippen molar-refractivity contribution in [2.75, 3.05) is 38.3 Å². The molecule has 1 saturated heterocycles. The predicted molar refractivity (Wildman–Crippen MR) is 68.1 cm³/mol. The van der Waals surface area contributed by atoms with Crippen molar-refractivity contribution in [3.63, 3.8) is 0 Å². The Hall–Kier alpha value is -0.550. The van der Waals surface area contributed by atoms with Gasteiger partial charge in [0, 0.05) is 26.4 Å². The van der Waals surface area contributed by atoms with Gasteiger partial charge in [-0.25, -0.2) is 4.98 Å². The van der Waals surface area contributed by atoms with Gasteiger partial charge in [0.25, 0.3) is 0 Å². The molecule has 1 aromatic rings. The Morgan fingerprint density at radius 1 is 1.59 bits per heavy atom. The molecule has 0 aromatic carbocycles. The molecule has 2 heterocycles. The van der Waals surface area contributed by atoms with Gasteiger partial charge in [-0.2, -0.15) is 0 Å². The molecule has 1 fully saturated rings. The molecule has 0 N–H and O–H groups in total. The maximum absolute atomic E-state index is 6.13. The van der Waals surface area contributed by atoms with Crippen LogP contribution < -0.4 is 4.90 Å². The normalized spacial score (nSPS) is 20.6. The minimum Gasteiger partial charge on any atom is -0.382 e. The summed E-state index contributed by atoms with van der Waals surface area (Å²) in [5, 5.41) is 1.11. The molecule has 0 bridgehead atoms. The smallest absolute Gasteiger partial charge is 0.147 e. The van der Waals surface area contributed by atoms with Gasteiger partial charge in [0.05, 0.1) is 29.4 Å². The number of hydrogen-bond donors (Lipinski definition) is 0. The zero-order valence-corrected chi connectivity index (χ0v) is 11.0. The zero-order chi connectivity index (χ0) is 12.3. The third-order valence-corrected chi connectivity index (χ3v) is 3.06. The highest BCUT2D eigenvalue weighted by atomic mass is 35.5. The van der Waals surface area contributed by atoms with E-state index in [-0.39, 0.29) is 6.10 Å². The Bertz CT molecular complexity index is 388. The van der Waals surface area contributed by atoms with Crippen molar-refractivity contribution in [2.24, 2.45) is 0 Å². The zero-order valence-electron chi connectivity index (χ0n) is 9.53. The van der Waals surface area contributed by atoms with E-state index in [2.05, 4.69) is 9.88 Å². The first-order valence-corrected chi connectivity index (χ1v) is 6.13. The molecule has 94 valence electrons. The van der Waals surface area contributed by atoms with Crippen LogP contribution in [0.25, 0.3) is 0 Å². The maximum atomic E-state index is 6.13. The van der Waals surface area contributed by atoms with E-state index in [4.69, 9.17) is 32.7 Å². The van der Waals surface area contributed by atoms with Gasteiger partial charge in [-0.05, 0) is 6.07 Å². The predicted octanol–water partition coefficient (Wildman–Crippen LogP) is 2.24. The Morgan fingerprint density at radius 3 is 3.12 bits per heavy atom. The fraction of sp³-hybridized carbons (Fsp3) is 0.545. The second-order valence-corrected chi connectivity index (χ2v) is 4.70. The maximum Gasteiger partial charge on any atom is 0.147 e. The van der Waals surface area contributed by atoms with E-state index in [1.54, 1.807) is 19.4 Å². The van der Waals surface area contributed by atoms with E-state index in [0.717, 1.165) is 18.9 Å². The minimum atomic E-state index is 0.0577. The van der Waals surface area contributed by atoms with Crippen molar-refractivity contribution in [1.82, 2.24) is 4.98 Å². The Labute approximate surface area is 110 Å². The van der Waals surface area contributed by atoms with Crippen LogP contribution in [0, 0.1) is 0 Å². The number of aromatic nitrogens is 1. The number of pyridine rings is 1. The van der Waals surface area contributed by atoms with Crippen molar-refractivity contribution in [2.45, 2.75) is 6.10 Å². The quantitative estimate of drug-likeness (QED) is 0.848. The second-order valence-electron chi connectivity index (χ2n) is 3.85. The molecule has 6 heteroatoms.